The molecule has 0 aliphatic carbocycles. The smallest absolute Gasteiger partial charge is 0.262 e. The molecule has 2 amide bonds. The fourth-order valence-electron chi connectivity index (χ4n) is 3.27. The maximum Gasteiger partial charge on any atom is 0.262 e. The summed E-state index contributed by atoms with van der Waals surface area (Å²) in [5, 5.41) is 8.98. The minimum absolute atomic E-state index is 0.0140. The number of methoxy groups -OCH3 is 1. The van der Waals surface area contributed by atoms with Crippen LogP contribution < -0.4 is 25.4 Å². The van der Waals surface area contributed by atoms with E-state index in [4.69, 9.17) is 9.47 Å². The van der Waals surface area contributed by atoms with Crippen molar-refractivity contribution in [3.05, 3.63) is 48.5 Å². The van der Waals surface area contributed by atoms with E-state index in [1.165, 1.54) is 0 Å². The largest absolute Gasteiger partial charge is 0.493 e. The lowest BCUT2D eigenvalue weighted by Crippen LogP contribution is -2.20. The average molecular weight is 397 g/mol. The van der Waals surface area contributed by atoms with Gasteiger partial charge < -0.3 is 25.4 Å². The molecule has 0 aromatic heterocycles. The highest BCUT2D eigenvalue weighted by atomic mass is 16.5. The van der Waals surface area contributed by atoms with Crippen molar-refractivity contribution in [2.24, 2.45) is 5.92 Å². The Balaban J connectivity index is 1.47. The van der Waals surface area contributed by atoms with Gasteiger partial charge in [0.25, 0.3) is 5.91 Å². The van der Waals surface area contributed by atoms with Gasteiger partial charge in [-0.3, -0.25) is 9.59 Å². The Labute approximate surface area is 170 Å². The number of para-hydroxylation sites is 2. The fraction of sp³-hybridized carbons (Fsp3) is 0.364. The molecule has 29 heavy (non-hydrogen) atoms. The molecule has 2 aromatic rings. The molecule has 0 radical (unpaired) electrons. The van der Waals surface area contributed by atoms with Crippen molar-refractivity contribution in [1.82, 2.24) is 5.32 Å². The van der Waals surface area contributed by atoms with Gasteiger partial charge in [-0.1, -0.05) is 18.2 Å². The first-order chi connectivity index (χ1) is 14.1. The number of hydrogen-bond acceptors (Lipinski definition) is 5. The third kappa shape index (κ3) is 6.50. The normalized spacial score (nSPS) is 15.6. The number of ether oxygens (including phenoxy) is 2. The number of rotatable bonds is 9. The summed E-state index contributed by atoms with van der Waals surface area (Å²) in [6.07, 6.45) is 2.51. The predicted octanol–water partition coefficient (Wildman–Crippen LogP) is 3.04. The van der Waals surface area contributed by atoms with Gasteiger partial charge in [-0.05, 0) is 62.2 Å². The van der Waals surface area contributed by atoms with Crippen LogP contribution in [0.3, 0.4) is 0 Å². The minimum atomic E-state index is -0.298. The maximum atomic E-state index is 12.2. The number of amides is 2. The van der Waals surface area contributed by atoms with Gasteiger partial charge in [-0.15, -0.1) is 0 Å². The summed E-state index contributed by atoms with van der Waals surface area (Å²) >= 11 is 0. The summed E-state index contributed by atoms with van der Waals surface area (Å²) in [7, 11) is 1.55. The standard InChI is InChI=1S/C22H27N3O4/c1-28-19-7-2-3-8-20(19)29-15-22(27)25-18-6-4-5-17(13-18)24-21(26)10-9-16-11-12-23-14-16/h2-8,13,16,23H,9-12,14-15H2,1H3,(H,24,26)(H,25,27). The molecule has 0 bridgehead atoms. The van der Waals surface area contributed by atoms with Crippen LogP contribution in [0.1, 0.15) is 19.3 Å². The molecule has 0 saturated carbocycles. The van der Waals surface area contributed by atoms with E-state index in [1.54, 1.807) is 43.5 Å². The Hall–Kier alpha value is -3.06. The van der Waals surface area contributed by atoms with E-state index in [1.807, 2.05) is 12.1 Å². The summed E-state index contributed by atoms with van der Waals surface area (Å²) in [6, 6.07) is 14.2. The molecule has 1 fully saturated rings. The lowest BCUT2D eigenvalue weighted by Gasteiger charge is -2.12. The predicted molar refractivity (Wildman–Crippen MR) is 112 cm³/mol. The fourth-order valence-corrected chi connectivity index (χ4v) is 3.27. The van der Waals surface area contributed by atoms with Crippen LogP contribution in [0.5, 0.6) is 11.5 Å². The Morgan fingerprint density at radius 2 is 1.76 bits per heavy atom. The number of carbonyl (C=O) groups is 2. The molecule has 154 valence electrons. The number of anilines is 2. The lowest BCUT2D eigenvalue weighted by molar-refractivity contribution is -0.118. The highest BCUT2D eigenvalue weighted by Gasteiger charge is 2.16. The van der Waals surface area contributed by atoms with Crippen LogP contribution in [0, 0.1) is 5.92 Å². The summed E-state index contributed by atoms with van der Waals surface area (Å²) in [5.41, 5.74) is 1.25. The zero-order valence-electron chi connectivity index (χ0n) is 16.6. The van der Waals surface area contributed by atoms with Gasteiger partial charge in [0, 0.05) is 17.8 Å². The van der Waals surface area contributed by atoms with Crippen molar-refractivity contribution in [2.75, 3.05) is 37.4 Å². The van der Waals surface area contributed by atoms with Crippen LogP contribution in [0.4, 0.5) is 11.4 Å². The summed E-state index contributed by atoms with van der Waals surface area (Å²) < 4.78 is 10.7. The molecule has 7 nitrogen and oxygen atoms in total. The van der Waals surface area contributed by atoms with Crippen molar-refractivity contribution in [3.63, 3.8) is 0 Å². The van der Waals surface area contributed by atoms with Gasteiger partial charge in [0.15, 0.2) is 18.1 Å². The Morgan fingerprint density at radius 3 is 2.45 bits per heavy atom. The van der Waals surface area contributed by atoms with Gasteiger partial charge in [0.1, 0.15) is 0 Å². The van der Waals surface area contributed by atoms with E-state index in [9.17, 15) is 9.59 Å². The molecule has 1 unspecified atom stereocenters. The van der Waals surface area contributed by atoms with Crippen LogP contribution in [-0.4, -0.2) is 38.6 Å². The minimum Gasteiger partial charge on any atom is -0.493 e. The zero-order valence-corrected chi connectivity index (χ0v) is 16.6. The quantitative estimate of drug-likeness (QED) is 0.605. The van der Waals surface area contributed by atoms with Gasteiger partial charge in [-0.2, -0.15) is 0 Å². The number of carbonyl (C=O) groups excluding carboxylic acids is 2. The third-order valence-electron chi connectivity index (χ3n) is 4.80. The van der Waals surface area contributed by atoms with Gasteiger partial charge in [0.05, 0.1) is 7.11 Å². The first-order valence-corrected chi connectivity index (χ1v) is 9.80. The summed E-state index contributed by atoms with van der Waals surface area (Å²) in [6.45, 7) is 1.88. The molecule has 1 heterocycles. The second kappa shape index (κ2) is 10.5. The SMILES string of the molecule is COc1ccccc1OCC(=O)Nc1cccc(NC(=O)CCC2CCNC2)c1. The molecule has 0 spiro atoms. The Morgan fingerprint density at radius 1 is 1.03 bits per heavy atom. The van der Waals surface area contributed by atoms with Crippen LogP contribution in [0.25, 0.3) is 0 Å². The molecular formula is C22H27N3O4. The van der Waals surface area contributed by atoms with Crippen molar-refractivity contribution in [3.8, 4) is 11.5 Å². The van der Waals surface area contributed by atoms with E-state index >= 15 is 0 Å². The van der Waals surface area contributed by atoms with Crippen LogP contribution in [0.2, 0.25) is 0 Å². The topological polar surface area (TPSA) is 88.7 Å². The first kappa shape index (κ1) is 20.7. The van der Waals surface area contributed by atoms with Gasteiger partial charge in [0.2, 0.25) is 5.91 Å². The van der Waals surface area contributed by atoms with Crippen molar-refractivity contribution in [1.29, 1.82) is 0 Å². The van der Waals surface area contributed by atoms with Crippen LogP contribution >= 0.6 is 0 Å². The molecule has 3 N–H and O–H groups in total. The highest BCUT2D eigenvalue weighted by Crippen LogP contribution is 2.25. The van der Waals surface area contributed by atoms with Gasteiger partial charge >= 0.3 is 0 Å². The number of benzene rings is 2. The monoisotopic (exact) mass is 397 g/mol. The maximum absolute atomic E-state index is 12.2. The van der Waals surface area contributed by atoms with E-state index < -0.39 is 0 Å². The van der Waals surface area contributed by atoms with E-state index in [2.05, 4.69) is 16.0 Å². The van der Waals surface area contributed by atoms with Gasteiger partial charge in [-0.25, -0.2) is 0 Å². The Kier molecular flexibility index (Phi) is 7.47. The number of nitrogens with one attached hydrogen (secondary N) is 3. The van der Waals surface area contributed by atoms with E-state index in [-0.39, 0.29) is 18.4 Å². The molecule has 2 aromatic carbocycles. The highest BCUT2D eigenvalue weighted by molar-refractivity contribution is 5.94. The van der Waals surface area contributed by atoms with E-state index in [0.717, 1.165) is 25.9 Å². The summed E-state index contributed by atoms with van der Waals surface area (Å²) in [5.74, 6) is 1.34. The molecule has 1 atom stereocenters. The molecule has 3 rings (SSSR count). The number of hydrogen-bond donors (Lipinski definition) is 3. The molecule has 1 aliphatic heterocycles. The van der Waals surface area contributed by atoms with Crippen molar-refractivity contribution >= 4 is 23.2 Å². The lowest BCUT2D eigenvalue weighted by atomic mass is 10.0. The third-order valence-corrected chi connectivity index (χ3v) is 4.80. The van der Waals surface area contributed by atoms with Crippen LogP contribution in [-0.2, 0) is 9.59 Å². The molecule has 1 aliphatic rings. The second-order valence-electron chi connectivity index (χ2n) is 7.01. The average Bonchev–Trinajstić information content (AvgIpc) is 3.25. The molecular weight excluding hydrogens is 370 g/mol. The Bertz CT molecular complexity index is 834. The summed E-state index contributed by atoms with van der Waals surface area (Å²) in [4.78, 5) is 24.4. The second-order valence-corrected chi connectivity index (χ2v) is 7.01. The van der Waals surface area contributed by atoms with Crippen LogP contribution in [0.15, 0.2) is 48.5 Å². The first-order valence-electron chi connectivity index (χ1n) is 9.80. The molecule has 7 heteroatoms. The zero-order chi connectivity index (χ0) is 20.5. The molecule has 1 saturated heterocycles. The van der Waals surface area contributed by atoms with Crippen molar-refractivity contribution < 1.29 is 19.1 Å². The van der Waals surface area contributed by atoms with Crippen molar-refractivity contribution in [2.45, 2.75) is 19.3 Å². The van der Waals surface area contributed by atoms with E-state index in [0.29, 0.717) is 35.2 Å².